The fraction of sp³-hybridized carbons (Fsp3) is 0.600. The highest BCUT2D eigenvalue weighted by molar-refractivity contribution is 5.78. The fourth-order valence-corrected chi connectivity index (χ4v) is 0.849. The minimum absolute atomic E-state index is 0.192. The second-order valence-electron chi connectivity index (χ2n) is 2.62. The second-order valence-corrected chi connectivity index (χ2v) is 2.62. The number of hydrogen-bond donors (Lipinski definition) is 0. The van der Waals surface area contributed by atoms with Crippen LogP contribution in [0.25, 0.3) is 0 Å². The molecule has 2 heteroatoms. The molecule has 0 rings (SSSR count). The molecule has 0 aliphatic rings. The molecule has 0 fully saturated rings. The van der Waals surface area contributed by atoms with Crippen LogP contribution in [0.1, 0.15) is 39.0 Å². The Hall–Kier alpha value is -1.10. The zero-order valence-electron chi connectivity index (χ0n) is 7.55. The summed E-state index contributed by atoms with van der Waals surface area (Å²) in [6, 6.07) is 1.96. The van der Waals surface area contributed by atoms with E-state index in [-0.39, 0.29) is 5.78 Å². The van der Waals surface area contributed by atoms with Gasteiger partial charge in [-0.25, -0.2) is 0 Å². The number of rotatable bonds is 6. The fourth-order valence-electron chi connectivity index (χ4n) is 0.849. The van der Waals surface area contributed by atoms with Crippen molar-refractivity contribution in [2.45, 2.75) is 39.0 Å². The molecule has 0 spiro atoms. The van der Waals surface area contributed by atoms with Crippen molar-refractivity contribution in [2.75, 3.05) is 0 Å². The summed E-state index contributed by atoms with van der Waals surface area (Å²) in [7, 11) is 0. The molecule has 0 radical (unpaired) electrons. The van der Waals surface area contributed by atoms with E-state index < -0.39 is 0 Å². The van der Waals surface area contributed by atoms with Gasteiger partial charge in [-0.3, -0.25) is 4.79 Å². The molecule has 0 aromatic carbocycles. The van der Waals surface area contributed by atoms with E-state index in [1.54, 1.807) is 0 Å². The third kappa shape index (κ3) is 7.01. The van der Waals surface area contributed by atoms with Gasteiger partial charge in [0.25, 0.3) is 0 Å². The van der Waals surface area contributed by atoms with Crippen molar-refractivity contribution >= 4 is 5.78 Å². The number of ketones is 1. The van der Waals surface area contributed by atoms with E-state index >= 15 is 0 Å². The van der Waals surface area contributed by atoms with Gasteiger partial charge in [0, 0.05) is 19.3 Å². The molecule has 0 atom stereocenters. The van der Waals surface area contributed by atoms with Crippen LogP contribution in [0.15, 0.2) is 12.2 Å². The lowest BCUT2D eigenvalue weighted by Gasteiger charge is -1.92. The summed E-state index contributed by atoms with van der Waals surface area (Å²) >= 11 is 0. The molecular weight excluding hydrogens is 150 g/mol. The van der Waals surface area contributed by atoms with Gasteiger partial charge in [-0.05, 0) is 12.8 Å². The first-order valence-corrected chi connectivity index (χ1v) is 4.35. The predicted octanol–water partition coefficient (Wildman–Crippen LogP) is 2.61. The van der Waals surface area contributed by atoms with Gasteiger partial charge in [0.05, 0.1) is 6.07 Å². The molecular formula is C10H15NO. The number of nitrogens with zero attached hydrogens (tertiary/aromatic N) is 1. The second kappa shape index (κ2) is 8.00. The highest BCUT2D eigenvalue weighted by Crippen LogP contribution is 1.99. The first-order valence-electron chi connectivity index (χ1n) is 4.35. The number of carbonyl (C=O) groups is 1. The van der Waals surface area contributed by atoms with Crippen LogP contribution in [0.2, 0.25) is 0 Å². The molecule has 12 heavy (non-hydrogen) atoms. The predicted molar refractivity (Wildman–Crippen MR) is 48.5 cm³/mol. The van der Waals surface area contributed by atoms with Crippen LogP contribution < -0.4 is 0 Å². The molecule has 2 nitrogen and oxygen atoms in total. The maximum Gasteiger partial charge on any atom is 0.134 e. The normalized spacial score (nSPS) is 10.0. The van der Waals surface area contributed by atoms with Gasteiger partial charge in [-0.2, -0.15) is 5.26 Å². The number of nitriles is 1. The van der Waals surface area contributed by atoms with Crippen LogP contribution in [0.4, 0.5) is 0 Å². The first-order chi connectivity index (χ1) is 5.81. The van der Waals surface area contributed by atoms with Crippen molar-refractivity contribution in [3.8, 4) is 6.07 Å². The molecule has 0 unspecified atom stereocenters. The van der Waals surface area contributed by atoms with Gasteiger partial charge in [-0.15, -0.1) is 0 Å². The van der Waals surface area contributed by atoms with Gasteiger partial charge in [0.15, 0.2) is 0 Å². The minimum atomic E-state index is 0.192. The quantitative estimate of drug-likeness (QED) is 0.567. The Bertz CT molecular complexity index is 189. The molecule has 0 aliphatic carbocycles. The van der Waals surface area contributed by atoms with Crippen molar-refractivity contribution in [1.82, 2.24) is 0 Å². The van der Waals surface area contributed by atoms with Gasteiger partial charge >= 0.3 is 0 Å². The Balaban J connectivity index is 3.33. The van der Waals surface area contributed by atoms with E-state index in [1.165, 1.54) is 0 Å². The van der Waals surface area contributed by atoms with Crippen LogP contribution in [0, 0.1) is 11.3 Å². The third-order valence-electron chi connectivity index (χ3n) is 1.51. The molecule has 0 saturated heterocycles. The van der Waals surface area contributed by atoms with Crippen molar-refractivity contribution in [2.24, 2.45) is 0 Å². The molecule has 0 aromatic rings. The highest BCUT2D eigenvalue weighted by Gasteiger charge is 1.98. The zero-order valence-corrected chi connectivity index (χ0v) is 7.55. The zero-order chi connectivity index (χ0) is 9.23. The maximum atomic E-state index is 11.0. The molecule has 0 aliphatic heterocycles. The Morgan fingerprint density at radius 3 is 2.75 bits per heavy atom. The largest absolute Gasteiger partial charge is 0.300 e. The monoisotopic (exact) mass is 165 g/mol. The van der Waals surface area contributed by atoms with Crippen LogP contribution >= 0.6 is 0 Å². The van der Waals surface area contributed by atoms with Gasteiger partial charge in [-0.1, -0.05) is 19.1 Å². The standard InChI is InChI=1S/C10H15NO/c1-2-3-4-5-7-10(12)8-6-9-11/h3-4H,2,5-8H2,1H3. The van der Waals surface area contributed by atoms with Crippen molar-refractivity contribution in [3.63, 3.8) is 0 Å². The van der Waals surface area contributed by atoms with Gasteiger partial charge < -0.3 is 0 Å². The first kappa shape index (κ1) is 10.9. The minimum Gasteiger partial charge on any atom is -0.300 e. The lowest BCUT2D eigenvalue weighted by Crippen LogP contribution is -1.95. The van der Waals surface area contributed by atoms with Crippen molar-refractivity contribution in [1.29, 1.82) is 5.26 Å². The van der Waals surface area contributed by atoms with Crippen LogP contribution in [0.3, 0.4) is 0 Å². The smallest absolute Gasteiger partial charge is 0.134 e. The van der Waals surface area contributed by atoms with E-state index in [0.717, 1.165) is 12.8 Å². The van der Waals surface area contributed by atoms with E-state index in [2.05, 4.69) is 13.0 Å². The summed E-state index contributed by atoms with van der Waals surface area (Å²) < 4.78 is 0. The molecule has 0 N–H and O–H groups in total. The topological polar surface area (TPSA) is 40.9 Å². The molecule has 0 saturated carbocycles. The van der Waals surface area contributed by atoms with Gasteiger partial charge in [0.1, 0.15) is 5.78 Å². The maximum absolute atomic E-state index is 11.0. The van der Waals surface area contributed by atoms with Crippen LogP contribution in [0.5, 0.6) is 0 Å². The summed E-state index contributed by atoms with van der Waals surface area (Å²) in [4.78, 5) is 11.0. The molecule has 0 amide bonds. The number of allylic oxidation sites excluding steroid dienone is 2. The van der Waals surface area contributed by atoms with E-state index in [9.17, 15) is 4.79 Å². The van der Waals surface area contributed by atoms with E-state index in [0.29, 0.717) is 19.3 Å². The average Bonchev–Trinajstić information content (AvgIpc) is 2.09. The third-order valence-corrected chi connectivity index (χ3v) is 1.51. The summed E-state index contributed by atoms with van der Waals surface area (Å²) in [5.41, 5.74) is 0. The summed E-state index contributed by atoms with van der Waals surface area (Å²) in [5, 5.41) is 8.21. The van der Waals surface area contributed by atoms with Gasteiger partial charge in [0.2, 0.25) is 0 Å². The summed E-state index contributed by atoms with van der Waals surface area (Å²) in [6.07, 6.45) is 7.26. The van der Waals surface area contributed by atoms with E-state index in [1.807, 2.05) is 12.1 Å². The van der Waals surface area contributed by atoms with Crippen molar-refractivity contribution < 1.29 is 4.79 Å². The molecule has 0 aromatic heterocycles. The number of Topliss-reactive ketones (excluding diaryl/α,β-unsaturated/α-hetero) is 1. The average molecular weight is 165 g/mol. The summed E-state index contributed by atoms with van der Waals surface area (Å²) in [6.45, 7) is 2.06. The lowest BCUT2D eigenvalue weighted by molar-refractivity contribution is -0.118. The molecule has 66 valence electrons. The SMILES string of the molecule is CCC=CCCC(=O)CCC#N. The van der Waals surface area contributed by atoms with Crippen LogP contribution in [-0.2, 0) is 4.79 Å². The number of hydrogen-bond acceptors (Lipinski definition) is 2. The highest BCUT2D eigenvalue weighted by atomic mass is 16.1. The molecule has 0 heterocycles. The van der Waals surface area contributed by atoms with E-state index in [4.69, 9.17) is 5.26 Å². The Labute approximate surface area is 73.9 Å². The Morgan fingerprint density at radius 2 is 2.17 bits per heavy atom. The number of carbonyl (C=O) groups excluding carboxylic acids is 1. The Morgan fingerprint density at radius 1 is 1.42 bits per heavy atom. The Kier molecular flexibility index (Phi) is 7.27. The summed E-state index contributed by atoms with van der Waals surface area (Å²) in [5.74, 6) is 0.192. The molecule has 0 bridgehead atoms. The van der Waals surface area contributed by atoms with Crippen molar-refractivity contribution in [3.05, 3.63) is 12.2 Å². The lowest BCUT2D eigenvalue weighted by atomic mass is 10.1. The van der Waals surface area contributed by atoms with Crippen LogP contribution in [-0.4, -0.2) is 5.78 Å².